The van der Waals surface area contributed by atoms with Gasteiger partial charge in [0.2, 0.25) is 0 Å². The highest BCUT2D eigenvalue weighted by molar-refractivity contribution is 5.98. The highest BCUT2D eigenvalue weighted by atomic mass is 19.1. The number of amides is 1. The Balaban J connectivity index is 1.65. The predicted molar refractivity (Wildman–Crippen MR) is 86.4 cm³/mol. The molecule has 0 saturated carbocycles. The average molecular weight is 293 g/mol. The third kappa shape index (κ3) is 3.14. The fourth-order valence-electron chi connectivity index (χ4n) is 2.44. The van der Waals surface area contributed by atoms with Crippen LogP contribution in [0.25, 0.3) is 10.8 Å². The lowest BCUT2D eigenvalue weighted by molar-refractivity contribution is 0.0954. The van der Waals surface area contributed by atoms with Gasteiger partial charge in [0.15, 0.2) is 0 Å². The van der Waals surface area contributed by atoms with Crippen molar-refractivity contribution in [3.63, 3.8) is 0 Å². The molecule has 3 rings (SSSR count). The molecule has 0 bridgehead atoms. The maximum absolute atomic E-state index is 13.5. The minimum atomic E-state index is -0.234. The number of hydrogen-bond donors (Lipinski definition) is 1. The molecule has 3 heteroatoms. The molecule has 110 valence electrons. The number of fused-ring (bicyclic) bond motifs is 1. The van der Waals surface area contributed by atoms with Crippen molar-refractivity contribution in [3.8, 4) is 0 Å². The summed E-state index contributed by atoms with van der Waals surface area (Å²) < 4.78 is 13.5. The summed E-state index contributed by atoms with van der Waals surface area (Å²) >= 11 is 0. The van der Waals surface area contributed by atoms with E-state index in [1.165, 1.54) is 6.07 Å². The van der Waals surface area contributed by atoms with Crippen molar-refractivity contribution in [2.45, 2.75) is 6.42 Å². The van der Waals surface area contributed by atoms with E-state index < -0.39 is 0 Å². The molecule has 2 nitrogen and oxygen atoms in total. The van der Waals surface area contributed by atoms with Crippen LogP contribution in [0.5, 0.6) is 0 Å². The first-order chi connectivity index (χ1) is 10.7. The topological polar surface area (TPSA) is 29.1 Å². The van der Waals surface area contributed by atoms with Gasteiger partial charge in [-0.05, 0) is 41.0 Å². The van der Waals surface area contributed by atoms with Crippen LogP contribution in [0, 0.1) is 5.82 Å². The molecule has 0 fully saturated rings. The monoisotopic (exact) mass is 293 g/mol. The van der Waals surface area contributed by atoms with E-state index >= 15 is 0 Å². The van der Waals surface area contributed by atoms with Gasteiger partial charge in [0, 0.05) is 12.1 Å². The number of hydrogen-bond acceptors (Lipinski definition) is 1. The van der Waals surface area contributed by atoms with Crippen LogP contribution in [0.3, 0.4) is 0 Å². The third-order valence-electron chi connectivity index (χ3n) is 3.65. The molecular weight excluding hydrogens is 277 g/mol. The van der Waals surface area contributed by atoms with Crippen molar-refractivity contribution in [2.75, 3.05) is 6.54 Å². The minimum absolute atomic E-state index is 0.137. The van der Waals surface area contributed by atoms with E-state index in [0.717, 1.165) is 10.8 Å². The Morgan fingerprint density at radius 3 is 2.45 bits per heavy atom. The molecule has 0 aliphatic carbocycles. The Labute approximate surface area is 128 Å². The smallest absolute Gasteiger partial charge is 0.251 e. The van der Waals surface area contributed by atoms with Gasteiger partial charge in [-0.1, -0.05) is 48.5 Å². The average Bonchev–Trinajstić information content (AvgIpc) is 2.56. The first-order valence-corrected chi connectivity index (χ1v) is 7.24. The fourth-order valence-corrected chi connectivity index (χ4v) is 2.44. The van der Waals surface area contributed by atoms with E-state index in [1.807, 2.05) is 36.4 Å². The Bertz CT molecular complexity index is 813. The van der Waals surface area contributed by atoms with Gasteiger partial charge >= 0.3 is 0 Å². The molecule has 0 radical (unpaired) electrons. The number of halogens is 1. The standard InChI is InChI=1S/C19H16FNO/c20-18-8-4-3-6-15(18)11-12-21-19(22)17-10-9-14-5-1-2-7-16(14)13-17/h1-10,13H,11-12H2,(H,21,22). The Morgan fingerprint density at radius 1 is 0.909 bits per heavy atom. The molecule has 0 aliphatic rings. The Hall–Kier alpha value is -2.68. The maximum Gasteiger partial charge on any atom is 0.251 e. The Kier molecular flexibility index (Phi) is 4.15. The second kappa shape index (κ2) is 6.39. The van der Waals surface area contributed by atoms with Crippen LogP contribution < -0.4 is 5.32 Å². The van der Waals surface area contributed by atoms with Crippen LogP contribution in [-0.2, 0) is 6.42 Å². The molecular formula is C19H16FNO. The molecule has 22 heavy (non-hydrogen) atoms. The summed E-state index contributed by atoms with van der Waals surface area (Å²) in [5, 5.41) is 4.97. The largest absolute Gasteiger partial charge is 0.352 e. The van der Waals surface area contributed by atoms with Gasteiger partial charge in [-0.3, -0.25) is 4.79 Å². The number of nitrogens with one attached hydrogen (secondary N) is 1. The van der Waals surface area contributed by atoms with Gasteiger partial charge in [-0.15, -0.1) is 0 Å². The van der Waals surface area contributed by atoms with Crippen LogP contribution in [0.1, 0.15) is 15.9 Å². The zero-order valence-electron chi connectivity index (χ0n) is 12.1. The zero-order valence-corrected chi connectivity index (χ0v) is 12.1. The summed E-state index contributed by atoms with van der Waals surface area (Å²) in [5.41, 5.74) is 1.23. The number of carbonyl (C=O) groups excluding carboxylic acids is 1. The zero-order chi connectivity index (χ0) is 15.4. The van der Waals surface area contributed by atoms with Gasteiger partial charge in [-0.2, -0.15) is 0 Å². The molecule has 0 heterocycles. The summed E-state index contributed by atoms with van der Waals surface area (Å²) in [6.07, 6.45) is 0.478. The van der Waals surface area contributed by atoms with Gasteiger partial charge in [0.1, 0.15) is 5.82 Å². The van der Waals surface area contributed by atoms with Gasteiger partial charge in [0.05, 0.1) is 0 Å². The lowest BCUT2D eigenvalue weighted by atomic mass is 10.1. The number of carbonyl (C=O) groups is 1. The van der Waals surface area contributed by atoms with Crippen molar-refractivity contribution in [3.05, 3.63) is 83.7 Å². The molecule has 0 aromatic heterocycles. The minimum Gasteiger partial charge on any atom is -0.352 e. The summed E-state index contributed by atoms with van der Waals surface area (Å²) in [6.45, 7) is 0.409. The normalized spacial score (nSPS) is 10.6. The maximum atomic E-state index is 13.5. The summed E-state index contributed by atoms with van der Waals surface area (Å²) in [5.74, 6) is -0.371. The number of rotatable bonds is 4. The molecule has 1 amide bonds. The first kappa shape index (κ1) is 14.3. The van der Waals surface area contributed by atoms with Crippen molar-refractivity contribution in [2.24, 2.45) is 0 Å². The SMILES string of the molecule is O=C(NCCc1ccccc1F)c1ccc2ccccc2c1. The van der Waals surface area contributed by atoms with Crippen LogP contribution in [0.2, 0.25) is 0 Å². The summed E-state index contributed by atoms with van der Waals surface area (Å²) in [4.78, 5) is 12.2. The van der Waals surface area contributed by atoms with Crippen molar-refractivity contribution in [1.82, 2.24) is 5.32 Å². The van der Waals surface area contributed by atoms with Crippen molar-refractivity contribution < 1.29 is 9.18 Å². The highest BCUT2D eigenvalue weighted by Crippen LogP contribution is 2.15. The summed E-state index contributed by atoms with van der Waals surface area (Å²) in [7, 11) is 0. The van der Waals surface area contributed by atoms with Crippen molar-refractivity contribution >= 4 is 16.7 Å². The van der Waals surface area contributed by atoms with Gasteiger partial charge < -0.3 is 5.32 Å². The predicted octanol–water partition coefficient (Wildman–Crippen LogP) is 3.95. The fraction of sp³-hybridized carbons (Fsp3) is 0.105. The van der Waals surface area contributed by atoms with E-state index in [4.69, 9.17) is 0 Å². The Morgan fingerprint density at radius 2 is 1.64 bits per heavy atom. The molecule has 0 unspecified atom stereocenters. The van der Waals surface area contributed by atoms with Gasteiger partial charge in [-0.25, -0.2) is 4.39 Å². The van der Waals surface area contributed by atoms with Crippen LogP contribution in [-0.4, -0.2) is 12.5 Å². The second-order valence-electron chi connectivity index (χ2n) is 5.16. The van der Waals surface area contributed by atoms with E-state index in [-0.39, 0.29) is 11.7 Å². The molecule has 3 aromatic carbocycles. The molecule has 0 atom stereocenters. The molecule has 3 aromatic rings. The van der Waals surface area contributed by atoms with E-state index in [2.05, 4.69) is 5.32 Å². The lowest BCUT2D eigenvalue weighted by Gasteiger charge is -2.07. The molecule has 0 saturated heterocycles. The highest BCUT2D eigenvalue weighted by Gasteiger charge is 2.06. The molecule has 1 N–H and O–H groups in total. The van der Waals surface area contributed by atoms with Gasteiger partial charge in [0.25, 0.3) is 5.91 Å². The number of benzene rings is 3. The summed E-state index contributed by atoms with van der Waals surface area (Å²) in [6, 6.07) is 20.1. The second-order valence-corrected chi connectivity index (χ2v) is 5.16. The third-order valence-corrected chi connectivity index (χ3v) is 3.65. The lowest BCUT2D eigenvalue weighted by Crippen LogP contribution is -2.25. The van der Waals surface area contributed by atoms with E-state index in [0.29, 0.717) is 24.1 Å². The van der Waals surface area contributed by atoms with Crippen molar-refractivity contribution in [1.29, 1.82) is 0 Å². The van der Waals surface area contributed by atoms with Crippen LogP contribution in [0.4, 0.5) is 4.39 Å². The van der Waals surface area contributed by atoms with Crippen LogP contribution in [0.15, 0.2) is 66.7 Å². The van der Waals surface area contributed by atoms with Crippen LogP contribution >= 0.6 is 0 Å². The molecule has 0 aliphatic heterocycles. The quantitative estimate of drug-likeness (QED) is 0.775. The first-order valence-electron chi connectivity index (χ1n) is 7.24. The molecule has 0 spiro atoms. The van der Waals surface area contributed by atoms with E-state index in [1.54, 1.807) is 24.3 Å². The van der Waals surface area contributed by atoms with E-state index in [9.17, 15) is 9.18 Å².